The fraction of sp³-hybridized carbons (Fsp3) is 0.480. The van der Waals surface area contributed by atoms with E-state index in [1.54, 1.807) is 15.6 Å². The molecular weight excluding hydrogens is 452 g/mol. The van der Waals surface area contributed by atoms with Crippen molar-refractivity contribution in [2.45, 2.75) is 44.3 Å². The molecule has 3 fully saturated rings. The predicted molar refractivity (Wildman–Crippen MR) is 132 cm³/mol. The molecule has 9 heteroatoms. The number of rotatable bonds is 5. The first-order chi connectivity index (χ1) is 16.4. The molecule has 5 rings (SSSR count). The van der Waals surface area contributed by atoms with E-state index >= 15 is 0 Å². The number of anilines is 1. The molecule has 3 aliphatic heterocycles. The lowest BCUT2D eigenvalue weighted by Crippen LogP contribution is -2.54. The van der Waals surface area contributed by atoms with Crippen molar-refractivity contribution < 1.29 is 9.59 Å². The molecule has 0 bridgehead atoms. The molecule has 0 aliphatic carbocycles. The fourth-order valence-corrected chi connectivity index (χ4v) is 5.82. The summed E-state index contributed by atoms with van der Waals surface area (Å²) in [6.07, 6.45) is 6.77. The number of hydrogen-bond donors (Lipinski definition) is 2. The minimum Gasteiger partial charge on any atom is -0.382 e. The maximum absolute atomic E-state index is 13.1. The highest BCUT2D eigenvalue weighted by Gasteiger charge is 2.47. The van der Waals surface area contributed by atoms with E-state index < -0.39 is 0 Å². The number of allylic oxidation sites excluding steroid dienone is 1. The van der Waals surface area contributed by atoms with Crippen molar-refractivity contribution in [3.63, 3.8) is 0 Å². The number of aromatic nitrogens is 2. The Hall–Kier alpha value is -2.84. The van der Waals surface area contributed by atoms with Gasteiger partial charge in [-0.3, -0.25) is 14.3 Å². The van der Waals surface area contributed by atoms with E-state index in [1.807, 2.05) is 48.4 Å². The summed E-state index contributed by atoms with van der Waals surface area (Å²) in [7, 11) is 0. The third-order valence-electron chi connectivity index (χ3n) is 7.40. The molecule has 0 spiro atoms. The zero-order chi connectivity index (χ0) is 24.0. The standard InChI is InChI=1S/C25H31ClN6O2/c1-3-4-8-30-14-20(19-10-15(2)28-23(19)25(30)34)16-5-6-18(21(26)11-16)24(33)31-12-17(13-31)32-9-7-22(27)29-32/h3-7,9,11,15,17,19-20,23,28H,8,10,12-14H2,1-2H3,(H2,27,29)/b4-3+. The average Bonchev–Trinajstić information content (AvgIpc) is 3.37. The van der Waals surface area contributed by atoms with Crippen molar-refractivity contribution >= 4 is 29.2 Å². The van der Waals surface area contributed by atoms with Gasteiger partial charge in [-0.15, -0.1) is 0 Å². The Kier molecular flexibility index (Phi) is 6.12. The third kappa shape index (κ3) is 4.09. The van der Waals surface area contributed by atoms with Gasteiger partial charge in [0, 0.05) is 44.3 Å². The number of halogens is 1. The second-order valence-corrected chi connectivity index (χ2v) is 10.1. The number of amides is 2. The van der Waals surface area contributed by atoms with Crippen LogP contribution >= 0.6 is 11.6 Å². The first-order valence-electron chi connectivity index (χ1n) is 11.9. The summed E-state index contributed by atoms with van der Waals surface area (Å²) in [6, 6.07) is 7.79. The molecule has 3 aliphatic rings. The van der Waals surface area contributed by atoms with Gasteiger partial charge in [-0.25, -0.2) is 0 Å². The van der Waals surface area contributed by atoms with E-state index in [4.69, 9.17) is 17.3 Å². The molecule has 4 heterocycles. The summed E-state index contributed by atoms with van der Waals surface area (Å²) in [5.74, 6) is 0.972. The molecule has 2 amide bonds. The van der Waals surface area contributed by atoms with Gasteiger partial charge < -0.3 is 20.9 Å². The van der Waals surface area contributed by atoms with E-state index in [1.165, 1.54) is 0 Å². The smallest absolute Gasteiger partial charge is 0.255 e. The number of nitrogens with one attached hydrogen (secondary N) is 1. The van der Waals surface area contributed by atoms with Gasteiger partial charge in [0.15, 0.2) is 0 Å². The number of carbonyl (C=O) groups is 2. The Morgan fingerprint density at radius 1 is 1.29 bits per heavy atom. The quantitative estimate of drug-likeness (QED) is 0.639. The van der Waals surface area contributed by atoms with Gasteiger partial charge in [-0.2, -0.15) is 5.10 Å². The summed E-state index contributed by atoms with van der Waals surface area (Å²) in [6.45, 7) is 6.51. The molecular formula is C25H31ClN6O2. The molecule has 0 saturated carbocycles. The zero-order valence-corrected chi connectivity index (χ0v) is 20.3. The third-order valence-corrected chi connectivity index (χ3v) is 7.71. The van der Waals surface area contributed by atoms with E-state index in [2.05, 4.69) is 17.3 Å². The van der Waals surface area contributed by atoms with E-state index in [0.29, 0.717) is 48.6 Å². The predicted octanol–water partition coefficient (Wildman–Crippen LogP) is 2.68. The summed E-state index contributed by atoms with van der Waals surface area (Å²) >= 11 is 6.66. The van der Waals surface area contributed by atoms with Crippen LogP contribution in [0.1, 0.15) is 48.1 Å². The Morgan fingerprint density at radius 3 is 2.76 bits per heavy atom. The number of hydrogen-bond acceptors (Lipinski definition) is 5. The van der Waals surface area contributed by atoms with E-state index in [9.17, 15) is 9.59 Å². The molecule has 34 heavy (non-hydrogen) atoms. The second-order valence-electron chi connectivity index (χ2n) is 9.69. The molecule has 8 nitrogen and oxygen atoms in total. The van der Waals surface area contributed by atoms with Crippen LogP contribution in [-0.2, 0) is 4.79 Å². The lowest BCUT2D eigenvalue weighted by Gasteiger charge is -2.40. The summed E-state index contributed by atoms with van der Waals surface area (Å²) < 4.78 is 1.81. The largest absolute Gasteiger partial charge is 0.382 e. The van der Waals surface area contributed by atoms with Crippen molar-refractivity contribution in [1.29, 1.82) is 0 Å². The highest BCUT2D eigenvalue weighted by molar-refractivity contribution is 6.33. The van der Waals surface area contributed by atoms with Crippen LogP contribution in [0.2, 0.25) is 5.02 Å². The Morgan fingerprint density at radius 2 is 2.09 bits per heavy atom. The summed E-state index contributed by atoms with van der Waals surface area (Å²) in [5.41, 5.74) is 7.29. The van der Waals surface area contributed by atoms with E-state index in [-0.39, 0.29) is 35.7 Å². The molecule has 3 saturated heterocycles. The van der Waals surface area contributed by atoms with Crippen molar-refractivity contribution in [3.05, 3.63) is 58.8 Å². The van der Waals surface area contributed by atoms with Crippen LogP contribution in [0.3, 0.4) is 0 Å². The molecule has 4 atom stereocenters. The van der Waals surface area contributed by atoms with E-state index in [0.717, 1.165) is 12.0 Å². The lowest BCUT2D eigenvalue weighted by molar-refractivity contribution is -0.137. The van der Waals surface area contributed by atoms with Gasteiger partial charge >= 0.3 is 0 Å². The minimum absolute atomic E-state index is 0.0736. The normalized spacial score (nSPS) is 27.3. The molecule has 180 valence electrons. The number of piperidine rings is 1. The summed E-state index contributed by atoms with van der Waals surface area (Å²) in [4.78, 5) is 29.8. The van der Waals surface area contributed by atoms with Gasteiger partial charge in [-0.05, 0) is 49.9 Å². The van der Waals surface area contributed by atoms with Crippen molar-refractivity contribution in [2.24, 2.45) is 5.92 Å². The second kappa shape index (κ2) is 9.07. The molecule has 1 aromatic carbocycles. The number of benzene rings is 1. The number of likely N-dealkylation sites (tertiary alicyclic amines) is 2. The highest BCUT2D eigenvalue weighted by atomic mass is 35.5. The number of nitrogens with two attached hydrogens (primary N) is 1. The highest BCUT2D eigenvalue weighted by Crippen LogP contribution is 2.41. The van der Waals surface area contributed by atoms with Crippen LogP contribution in [0.4, 0.5) is 5.82 Å². The van der Waals surface area contributed by atoms with Gasteiger partial charge in [0.2, 0.25) is 5.91 Å². The van der Waals surface area contributed by atoms with Crippen LogP contribution in [0.15, 0.2) is 42.6 Å². The first kappa shape index (κ1) is 22.9. The van der Waals surface area contributed by atoms with Gasteiger partial charge in [0.05, 0.1) is 22.7 Å². The van der Waals surface area contributed by atoms with Crippen LogP contribution in [0.5, 0.6) is 0 Å². The Bertz CT molecular complexity index is 1120. The van der Waals surface area contributed by atoms with Gasteiger partial charge in [-0.1, -0.05) is 29.8 Å². The van der Waals surface area contributed by atoms with Crippen molar-refractivity contribution in [3.8, 4) is 0 Å². The molecule has 2 aromatic rings. The Balaban J connectivity index is 1.32. The molecule has 4 unspecified atom stereocenters. The maximum Gasteiger partial charge on any atom is 0.255 e. The zero-order valence-electron chi connectivity index (χ0n) is 19.5. The van der Waals surface area contributed by atoms with Crippen LogP contribution in [-0.4, -0.2) is 69.7 Å². The lowest BCUT2D eigenvalue weighted by atomic mass is 9.77. The van der Waals surface area contributed by atoms with Crippen LogP contribution in [0, 0.1) is 5.92 Å². The fourth-order valence-electron chi connectivity index (χ4n) is 5.55. The van der Waals surface area contributed by atoms with Crippen molar-refractivity contribution in [1.82, 2.24) is 24.9 Å². The number of nitrogen functional groups attached to an aromatic ring is 1. The average molecular weight is 483 g/mol. The van der Waals surface area contributed by atoms with Crippen LogP contribution in [0.25, 0.3) is 0 Å². The monoisotopic (exact) mass is 482 g/mol. The van der Waals surface area contributed by atoms with Crippen LogP contribution < -0.4 is 11.1 Å². The first-order valence-corrected chi connectivity index (χ1v) is 12.3. The number of fused-ring (bicyclic) bond motifs is 1. The molecule has 1 aromatic heterocycles. The number of nitrogens with zero attached hydrogens (tertiary/aromatic N) is 4. The summed E-state index contributed by atoms with van der Waals surface area (Å²) in [5, 5.41) is 8.18. The van der Waals surface area contributed by atoms with Gasteiger partial charge in [0.25, 0.3) is 5.91 Å². The SMILES string of the molecule is C/C=C/CN1CC(c2ccc(C(=O)N3CC(n4ccc(N)n4)C3)c(Cl)c2)C2CC(C)NC2C1=O. The molecule has 0 radical (unpaired) electrons. The number of carbonyl (C=O) groups excluding carboxylic acids is 2. The van der Waals surface area contributed by atoms with Crippen molar-refractivity contribution in [2.75, 3.05) is 31.9 Å². The minimum atomic E-state index is -0.173. The maximum atomic E-state index is 13.1. The Labute approximate surface area is 204 Å². The topological polar surface area (TPSA) is 96.5 Å². The molecule has 3 N–H and O–H groups in total. The van der Waals surface area contributed by atoms with Gasteiger partial charge in [0.1, 0.15) is 5.82 Å².